The van der Waals surface area contributed by atoms with Crippen molar-refractivity contribution in [3.8, 4) is 0 Å². The van der Waals surface area contributed by atoms with Gasteiger partial charge in [0.15, 0.2) is 0 Å². The highest BCUT2D eigenvalue weighted by atomic mass is 32.2. The Labute approximate surface area is 109 Å². The van der Waals surface area contributed by atoms with E-state index in [1.807, 2.05) is 25.1 Å². The minimum absolute atomic E-state index is 0.0343. The van der Waals surface area contributed by atoms with E-state index in [2.05, 4.69) is 17.4 Å². The molecule has 0 bridgehead atoms. The maximum atomic E-state index is 11.7. The first-order valence-corrected chi connectivity index (χ1v) is 8.06. The molecule has 4 nitrogen and oxygen atoms in total. The van der Waals surface area contributed by atoms with E-state index in [1.165, 1.54) is 11.8 Å². The Morgan fingerprint density at radius 3 is 2.61 bits per heavy atom. The molecule has 2 unspecified atom stereocenters. The third kappa shape index (κ3) is 3.31. The smallest absolute Gasteiger partial charge is 0.211 e. The quantitative estimate of drug-likeness (QED) is 0.884. The van der Waals surface area contributed by atoms with Gasteiger partial charge in [0.25, 0.3) is 0 Å². The molecule has 1 heterocycles. The van der Waals surface area contributed by atoms with Crippen molar-refractivity contribution in [3.63, 3.8) is 0 Å². The first kappa shape index (κ1) is 13.5. The van der Waals surface area contributed by atoms with Crippen LogP contribution in [0.25, 0.3) is 0 Å². The predicted octanol–water partition coefficient (Wildman–Crippen LogP) is 0.851. The van der Waals surface area contributed by atoms with Crippen molar-refractivity contribution in [3.05, 3.63) is 35.9 Å². The molecule has 0 aliphatic carbocycles. The molecule has 0 amide bonds. The first-order chi connectivity index (χ1) is 8.47. The van der Waals surface area contributed by atoms with Gasteiger partial charge in [0.2, 0.25) is 10.0 Å². The van der Waals surface area contributed by atoms with Gasteiger partial charge in [-0.3, -0.25) is 0 Å². The summed E-state index contributed by atoms with van der Waals surface area (Å²) in [7, 11) is -3.11. The minimum Gasteiger partial charge on any atom is -0.311 e. The largest absolute Gasteiger partial charge is 0.311 e. The van der Waals surface area contributed by atoms with Crippen LogP contribution in [0, 0.1) is 0 Å². The van der Waals surface area contributed by atoms with E-state index >= 15 is 0 Å². The summed E-state index contributed by atoms with van der Waals surface area (Å²) in [5.41, 5.74) is 1.23. The highest BCUT2D eigenvalue weighted by Crippen LogP contribution is 2.14. The van der Waals surface area contributed by atoms with Crippen LogP contribution in [0.4, 0.5) is 0 Å². The topological polar surface area (TPSA) is 49.4 Å². The summed E-state index contributed by atoms with van der Waals surface area (Å²) in [6, 6.07) is 10.4. The molecule has 0 saturated carbocycles. The number of piperazine rings is 1. The van der Waals surface area contributed by atoms with E-state index in [0.29, 0.717) is 13.1 Å². The van der Waals surface area contributed by atoms with Gasteiger partial charge in [-0.25, -0.2) is 8.42 Å². The number of nitrogens with zero attached hydrogens (tertiary/aromatic N) is 1. The summed E-state index contributed by atoms with van der Waals surface area (Å²) in [5, 5.41) is 3.41. The summed E-state index contributed by atoms with van der Waals surface area (Å²) in [5.74, 6) is 0. The fourth-order valence-electron chi connectivity index (χ4n) is 2.40. The number of hydrogen-bond donors (Lipinski definition) is 1. The number of hydrogen-bond acceptors (Lipinski definition) is 3. The second kappa shape index (κ2) is 5.38. The third-order valence-corrected chi connectivity index (χ3v) is 4.71. The minimum atomic E-state index is -3.11. The van der Waals surface area contributed by atoms with E-state index in [4.69, 9.17) is 0 Å². The molecule has 0 aromatic heterocycles. The standard InChI is InChI=1S/C13H20N2O2S/c1-11-9-14-13(10-15(11)18(2,16)17)8-12-6-4-3-5-7-12/h3-7,11,13-14H,8-10H2,1-2H3. The summed E-state index contributed by atoms with van der Waals surface area (Å²) in [6.07, 6.45) is 2.15. The van der Waals surface area contributed by atoms with Gasteiger partial charge in [-0.05, 0) is 18.9 Å². The Kier molecular flexibility index (Phi) is 4.04. The molecule has 1 aliphatic rings. The molecule has 1 saturated heterocycles. The molecular formula is C13H20N2O2S. The second-order valence-corrected chi connectivity index (χ2v) is 6.91. The SMILES string of the molecule is CC1CNC(Cc2ccccc2)CN1S(C)(=O)=O. The van der Waals surface area contributed by atoms with Crippen molar-refractivity contribution < 1.29 is 8.42 Å². The molecule has 1 N–H and O–H groups in total. The fourth-order valence-corrected chi connectivity index (χ4v) is 3.58. The van der Waals surface area contributed by atoms with E-state index in [-0.39, 0.29) is 12.1 Å². The average Bonchev–Trinajstić information content (AvgIpc) is 2.31. The van der Waals surface area contributed by atoms with Crippen LogP contribution in [0.2, 0.25) is 0 Å². The van der Waals surface area contributed by atoms with Gasteiger partial charge in [0.1, 0.15) is 0 Å². The van der Waals surface area contributed by atoms with Gasteiger partial charge in [-0.15, -0.1) is 0 Å². The predicted molar refractivity (Wildman–Crippen MR) is 72.9 cm³/mol. The normalized spacial score (nSPS) is 26.1. The zero-order valence-electron chi connectivity index (χ0n) is 10.8. The second-order valence-electron chi connectivity index (χ2n) is 4.98. The molecule has 0 radical (unpaired) electrons. The monoisotopic (exact) mass is 268 g/mol. The fraction of sp³-hybridized carbons (Fsp3) is 0.538. The molecular weight excluding hydrogens is 248 g/mol. The lowest BCUT2D eigenvalue weighted by molar-refractivity contribution is 0.236. The van der Waals surface area contributed by atoms with E-state index in [1.54, 1.807) is 4.31 Å². The van der Waals surface area contributed by atoms with E-state index in [9.17, 15) is 8.42 Å². The maximum Gasteiger partial charge on any atom is 0.211 e. The van der Waals surface area contributed by atoms with Crippen LogP contribution in [0.3, 0.4) is 0 Å². The molecule has 0 spiro atoms. The molecule has 2 rings (SSSR count). The Morgan fingerprint density at radius 1 is 1.33 bits per heavy atom. The van der Waals surface area contributed by atoms with Crippen molar-refractivity contribution in [2.24, 2.45) is 0 Å². The molecule has 5 heteroatoms. The molecule has 1 aromatic rings. The lowest BCUT2D eigenvalue weighted by atomic mass is 10.0. The number of benzene rings is 1. The molecule has 18 heavy (non-hydrogen) atoms. The lowest BCUT2D eigenvalue weighted by Gasteiger charge is -2.37. The van der Waals surface area contributed by atoms with Crippen LogP contribution >= 0.6 is 0 Å². The summed E-state index contributed by atoms with van der Waals surface area (Å²) in [6.45, 7) is 3.20. The zero-order valence-corrected chi connectivity index (χ0v) is 11.7. The third-order valence-electron chi connectivity index (χ3n) is 3.34. The van der Waals surface area contributed by atoms with Gasteiger partial charge < -0.3 is 5.32 Å². The molecule has 2 atom stereocenters. The zero-order chi connectivity index (χ0) is 13.2. The first-order valence-electron chi connectivity index (χ1n) is 6.21. The van der Waals surface area contributed by atoms with Crippen LogP contribution in [0.15, 0.2) is 30.3 Å². The molecule has 1 aliphatic heterocycles. The number of rotatable bonds is 3. The van der Waals surface area contributed by atoms with Gasteiger partial charge in [0, 0.05) is 25.2 Å². The van der Waals surface area contributed by atoms with Crippen molar-refractivity contribution in [2.75, 3.05) is 19.3 Å². The van der Waals surface area contributed by atoms with Gasteiger partial charge in [-0.2, -0.15) is 4.31 Å². The molecule has 1 aromatic carbocycles. The van der Waals surface area contributed by atoms with Crippen molar-refractivity contribution >= 4 is 10.0 Å². The number of sulfonamides is 1. The van der Waals surface area contributed by atoms with Crippen LogP contribution in [0.5, 0.6) is 0 Å². The maximum absolute atomic E-state index is 11.7. The van der Waals surface area contributed by atoms with E-state index < -0.39 is 10.0 Å². The Morgan fingerprint density at radius 2 is 2.00 bits per heavy atom. The average molecular weight is 268 g/mol. The summed E-state index contributed by atoms with van der Waals surface area (Å²) in [4.78, 5) is 0. The Balaban J connectivity index is 2.04. The van der Waals surface area contributed by atoms with Gasteiger partial charge in [0.05, 0.1) is 6.26 Å². The van der Waals surface area contributed by atoms with Crippen molar-refractivity contribution in [2.45, 2.75) is 25.4 Å². The van der Waals surface area contributed by atoms with Crippen LogP contribution in [-0.2, 0) is 16.4 Å². The van der Waals surface area contributed by atoms with Crippen LogP contribution in [-0.4, -0.2) is 44.2 Å². The highest BCUT2D eigenvalue weighted by Gasteiger charge is 2.30. The lowest BCUT2D eigenvalue weighted by Crippen LogP contribution is -2.57. The summed E-state index contributed by atoms with van der Waals surface area (Å²) >= 11 is 0. The Hall–Kier alpha value is -0.910. The van der Waals surface area contributed by atoms with E-state index in [0.717, 1.165) is 6.42 Å². The number of nitrogens with one attached hydrogen (secondary N) is 1. The summed E-state index contributed by atoms with van der Waals surface area (Å²) < 4.78 is 25.0. The van der Waals surface area contributed by atoms with Crippen molar-refractivity contribution in [1.82, 2.24) is 9.62 Å². The Bertz CT molecular complexity index is 487. The van der Waals surface area contributed by atoms with Gasteiger partial charge in [-0.1, -0.05) is 30.3 Å². The van der Waals surface area contributed by atoms with Crippen LogP contribution < -0.4 is 5.32 Å². The molecule has 1 fully saturated rings. The van der Waals surface area contributed by atoms with Gasteiger partial charge >= 0.3 is 0 Å². The highest BCUT2D eigenvalue weighted by molar-refractivity contribution is 7.88. The van der Waals surface area contributed by atoms with Crippen molar-refractivity contribution in [1.29, 1.82) is 0 Å². The molecule has 100 valence electrons. The van der Waals surface area contributed by atoms with Crippen LogP contribution in [0.1, 0.15) is 12.5 Å².